The summed E-state index contributed by atoms with van der Waals surface area (Å²) in [4.78, 5) is 0. The predicted molar refractivity (Wildman–Crippen MR) is 10.3 cm³/mol. The van der Waals surface area contributed by atoms with E-state index in [0.717, 1.165) is 0 Å². The van der Waals surface area contributed by atoms with Gasteiger partial charge < -0.3 is 0 Å². The molecule has 0 saturated carbocycles. The molecule has 0 fully saturated rings. The van der Waals surface area contributed by atoms with Gasteiger partial charge in [0.15, 0.2) is 0 Å². The molecule has 0 atom stereocenters. The fourth-order valence-electron chi connectivity index (χ4n) is 0.00756. The van der Waals surface area contributed by atoms with Gasteiger partial charge in [-0.25, -0.2) is 0 Å². The Balaban J connectivity index is 2.99. The second-order valence-electron chi connectivity index (χ2n) is 0.315. The topological polar surface area (TPSA) is 35.5 Å². The molecule has 0 spiro atoms. The van der Waals surface area contributed by atoms with Gasteiger partial charge in [0.2, 0.25) is 0 Å². The second kappa shape index (κ2) is 4.53. The van der Waals surface area contributed by atoms with E-state index < -0.39 is 11.4 Å². The summed E-state index contributed by atoms with van der Waals surface area (Å²) in [6.45, 7) is 0. The van der Waals surface area contributed by atoms with Gasteiger partial charge in [-0.2, -0.15) is 0 Å². The molecule has 3 nitrogen and oxygen atoms in total. The van der Waals surface area contributed by atoms with Crippen LogP contribution in [0.2, 0.25) is 0 Å². The molecule has 0 aromatic carbocycles. The van der Waals surface area contributed by atoms with Crippen LogP contribution in [0, 0.1) is 0 Å². The van der Waals surface area contributed by atoms with E-state index in [9.17, 15) is 4.21 Å². The van der Waals surface area contributed by atoms with Gasteiger partial charge in [0.05, 0.1) is 0 Å². The molecule has 0 heterocycles. The van der Waals surface area contributed by atoms with Crippen molar-refractivity contribution in [3.8, 4) is 0 Å². The van der Waals surface area contributed by atoms with Crippen molar-refractivity contribution in [3.05, 3.63) is 0 Å². The molecule has 6 heavy (non-hydrogen) atoms. The summed E-state index contributed by atoms with van der Waals surface area (Å²) in [7, 11) is 0. The van der Waals surface area contributed by atoms with E-state index in [4.69, 9.17) is 0 Å². The van der Waals surface area contributed by atoms with Crippen molar-refractivity contribution in [1.29, 1.82) is 0 Å². The normalized spacial score (nSPS) is 10.2. The third kappa shape index (κ3) is 3.55. The molecule has 0 saturated heterocycles. The van der Waals surface area contributed by atoms with Crippen molar-refractivity contribution >= 4 is 11.4 Å². The summed E-state index contributed by atoms with van der Waals surface area (Å²) in [6.07, 6.45) is 0. The van der Waals surface area contributed by atoms with E-state index in [2.05, 4.69) is 5.88 Å². The van der Waals surface area contributed by atoms with Crippen molar-refractivity contribution < 1.29 is 48.6 Å². The zero-order chi connectivity index (χ0) is 4.99. The minimum atomic E-state index is -1.53. The molecule has 0 aliphatic carbocycles. The number of rotatable bonds is 2. The van der Waals surface area contributed by atoms with Crippen molar-refractivity contribution in [2.75, 3.05) is 0 Å². The maximum atomic E-state index is 9.85. The van der Waals surface area contributed by atoms with Gasteiger partial charge in [-0.05, 0) is 0 Å². The van der Waals surface area contributed by atoms with Gasteiger partial charge in [0.1, 0.15) is 0 Å². The molecular weight excluding hydrogens is 464 g/mol. The van der Waals surface area contributed by atoms with Crippen LogP contribution in [0.1, 0.15) is 0 Å². The van der Waals surface area contributed by atoms with Crippen LogP contribution in [0.3, 0.4) is 0 Å². The van der Waals surface area contributed by atoms with E-state index in [-0.39, 0.29) is 0 Å². The van der Waals surface area contributed by atoms with Gasteiger partial charge >= 0.3 is 60.0 Å². The summed E-state index contributed by atoms with van der Waals surface area (Å²) >= 11 is 1.08. The first-order chi connectivity index (χ1) is 2.81. The molecule has 0 bridgehead atoms. The molecule has 0 amide bonds. The Morgan fingerprint density at radius 3 is 1.67 bits per heavy atom. The fraction of sp³-hybridized carbons (Fsp3) is 0. The molecule has 0 N–H and O–H groups in total. The molecule has 0 unspecified atom stereocenters. The molecule has 0 radical (unpaired) electrons. The quantitative estimate of drug-likeness (QED) is 0.554. The molecule has 0 aromatic heterocycles. The Bertz CT molecular complexity index is 46.8. The van der Waals surface area contributed by atoms with E-state index in [1.165, 1.54) is 38.5 Å². The van der Waals surface area contributed by atoms with Crippen molar-refractivity contribution in [2.24, 2.45) is 0 Å². The number of hydrogen-bond donors (Lipinski definition) is 0. The van der Waals surface area contributed by atoms with Crippen LogP contribution in [-0.4, -0.2) is 4.21 Å². The third-order valence-corrected chi connectivity index (χ3v) is 2.23. The Morgan fingerprint density at radius 1 is 1.33 bits per heavy atom. The van der Waals surface area contributed by atoms with Crippen LogP contribution in [-0.2, 0) is 55.8 Å². The van der Waals surface area contributed by atoms with Crippen LogP contribution >= 0.6 is 0 Å². The van der Waals surface area contributed by atoms with Crippen molar-refractivity contribution in [3.63, 3.8) is 0 Å². The summed E-state index contributed by atoms with van der Waals surface area (Å²) < 4.78 is 18.1. The Morgan fingerprint density at radius 2 is 1.67 bits per heavy atom. The monoisotopic (exact) mass is 466 g/mol. The van der Waals surface area contributed by atoms with E-state index >= 15 is 0 Å². The summed E-state index contributed by atoms with van der Waals surface area (Å²) in [5.74, 6) is 0. The first-order valence-corrected chi connectivity index (χ1v) is 3.73. The summed E-state index contributed by atoms with van der Waals surface area (Å²) in [5, 5.41) is 0. The van der Waals surface area contributed by atoms with E-state index in [0.29, 0.717) is 0 Å². The van der Waals surface area contributed by atoms with Gasteiger partial charge in [0.25, 0.3) is 0 Å². The molecule has 0 rings (SSSR count). The van der Waals surface area contributed by atoms with E-state index in [1.54, 1.807) is 0 Å². The second-order valence-corrected chi connectivity index (χ2v) is 3.34. The van der Waals surface area contributed by atoms with Crippen molar-refractivity contribution in [2.45, 2.75) is 0 Å². The number of hydrogen-bond acceptors (Lipinski definition) is 3. The van der Waals surface area contributed by atoms with Gasteiger partial charge in [-0.3, -0.25) is 0 Å². The van der Waals surface area contributed by atoms with Crippen LogP contribution in [0.15, 0.2) is 0 Å². The Hall–Kier alpha value is 1.37. The molecule has 0 aromatic rings. The fourth-order valence-corrected chi connectivity index (χ4v) is 1.52. The van der Waals surface area contributed by atoms with Gasteiger partial charge in [-0.15, -0.1) is 0 Å². The minimum absolute atomic E-state index is 1.31. The SMILES string of the molecule is O=S([O][Ir])[O][Ir]. The summed E-state index contributed by atoms with van der Waals surface area (Å²) in [6, 6.07) is 0. The molecule has 42 valence electrons. The zero-order valence-electron chi connectivity index (χ0n) is 2.30. The van der Waals surface area contributed by atoms with E-state index in [1.807, 2.05) is 0 Å². The van der Waals surface area contributed by atoms with Gasteiger partial charge in [0, 0.05) is 0 Å². The van der Waals surface area contributed by atoms with Gasteiger partial charge in [-0.1, -0.05) is 0 Å². The molecular formula is Ir2O3S. The Labute approximate surface area is 59.8 Å². The standard InChI is InChI=1S/2Ir.H2O3S/c;;1-4(2)3/h;;(H2,1,2,3)/q2*+1;/p-2. The molecule has 0 aliphatic rings. The molecule has 6 heteroatoms. The summed E-state index contributed by atoms with van der Waals surface area (Å²) in [5.41, 5.74) is 0. The van der Waals surface area contributed by atoms with Crippen LogP contribution in [0.5, 0.6) is 0 Å². The zero-order valence-corrected chi connectivity index (χ0v) is 7.91. The predicted octanol–water partition coefficient (Wildman–Crippen LogP) is -0.478. The van der Waals surface area contributed by atoms with Crippen LogP contribution in [0.25, 0.3) is 0 Å². The molecule has 0 aliphatic heterocycles. The maximum absolute atomic E-state index is 9.85. The van der Waals surface area contributed by atoms with Crippen molar-refractivity contribution in [1.82, 2.24) is 0 Å². The van der Waals surface area contributed by atoms with Crippen LogP contribution in [0.4, 0.5) is 0 Å². The first-order valence-electron chi connectivity index (χ1n) is 0.772. The van der Waals surface area contributed by atoms with Crippen LogP contribution < -0.4 is 0 Å². The third-order valence-electron chi connectivity index (χ3n) is 0.0907. The Kier molecular flexibility index (Phi) is 5.56. The average molecular weight is 464 g/mol. The average Bonchev–Trinajstić information content (AvgIpc) is 1.65. The first kappa shape index (κ1) is 7.37.